The summed E-state index contributed by atoms with van der Waals surface area (Å²) in [5.74, 6) is -0.200. The fourth-order valence-electron chi connectivity index (χ4n) is 4.65. The maximum absolute atomic E-state index is 12.9. The van der Waals surface area contributed by atoms with Gasteiger partial charge in [0.15, 0.2) is 0 Å². The van der Waals surface area contributed by atoms with Gasteiger partial charge in [-0.25, -0.2) is 8.42 Å². The zero-order valence-electron chi connectivity index (χ0n) is 16.8. The summed E-state index contributed by atoms with van der Waals surface area (Å²) in [5, 5.41) is 2.99. The maximum atomic E-state index is 12.9. The van der Waals surface area contributed by atoms with Crippen LogP contribution in [0.3, 0.4) is 0 Å². The van der Waals surface area contributed by atoms with Crippen LogP contribution in [0.5, 0.6) is 0 Å². The van der Waals surface area contributed by atoms with Crippen LogP contribution in [-0.4, -0.2) is 26.6 Å². The number of sulfonamides is 1. The molecule has 3 aromatic rings. The number of nitrogens with zero attached hydrogens (tertiary/aromatic N) is 1. The third kappa shape index (κ3) is 3.08. The highest BCUT2D eigenvalue weighted by Crippen LogP contribution is 2.38. The summed E-state index contributed by atoms with van der Waals surface area (Å²) in [6.07, 6.45) is 2.73. The van der Waals surface area contributed by atoms with E-state index in [0.29, 0.717) is 17.7 Å². The molecule has 1 N–H and O–H groups in total. The molecule has 5 nitrogen and oxygen atoms in total. The lowest BCUT2D eigenvalue weighted by Crippen LogP contribution is -2.34. The number of hydrogen-bond acceptors (Lipinski definition) is 3. The molecule has 0 bridgehead atoms. The highest BCUT2D eigenvalue weighted by atomic mass is 32.2. The first-order valence-corrected chi connectivity index (χ1v) is 11.8. The van der Waals surface area contributed by atoms with Gasteiger partial charge in [0, 0.05) is 17.3 Å². The number of amides is 1. The summed E-state index contributed by atoms with van der Waals surface area (Å²) in [4.78, 5) is 12.9. The van der Waals surface area contributed by atoms with Gasteiger partial charge in [-0.05, 0) is 77.9 Å². The lowest BCUT2D eigenvalue weighted by Gasteiger charge is -2.21. The summed E-state index contributed by atoms with van der Waals surface area (Å²) in [5.41, 5.74) is 7.77. The Morgan fingerprint density at radius 1 is 0.967 bits per heavy atom. The Morgan fingerprint density at radius 3 is 2.53 bits per heavy atom. The van der Waals surface area contributed by atoms with Gasteiger partial charge >= 0.3 is 0 Å². The Bertz CT molecular complexity index is 1300. The number of rotatable bonds is 3. The molecule has 0 spiro atoms. The minimum Gasteiger partial charge on any atom is -0.322 e. The average molecular weight is 419 g/mol. The van der Waals surface area contributed by atoms with Crippen LogP contribution in [0.15, 0.2) is 60.7 Å². The number of fused-ring (bicyclic) bond motifs is 4. The van der Waals surface area contributed by atoms with E-state index in [-0.39, 0.29) is 11.9 Å². The topological polar surface area (TPSA) is 66.5 Å². The first kappa shape index (κ1) is 18.9. The van der Waals surface area contributed by atoms with Crippen molar-refractivity contribution in [3.05, 3.63) is 82.9 Å². The van der Waals surface area contributed by atoms with Crippen molar-refractivity contribution in [1.29, 1.82) is 0 Å². The summed E-state index contributed by atoms with van der Waals surface area (Å²) < 4.78 is 25.6. The first-order valence-electron chi connectivity index (χ1n) is 9.96. The molecule has 1 aliphatic carbocycles. The third-order valence-corrected chi connectivity index (χ3v) is 7.18. The highest BCUT2D eigenvalue weighted by molar-refractivity contribution is 7.92. The number of carbonyl (C=O) groups excluding carboxylic acids is 1. The van der Waals surface area contributed by atoms with Gasteiger partial charge in [0.1, 0.15) is 0 Å². The molecule has 1 heterocycles. The molecule has 0 radical (unpaired) electrons. The first-order chi connectivity index (χ1) is 14.3. The average Bonchev–Trinajstić information content (AvgIpc) is 3.23. The number of nitrogens with one attached hydrogen (secondary N) is 1. The molecule has 6 heteroatoms. The van der Waals surface area contributed by atoms with Crippen LogP contribution in [-0.2, 0) is 22.9 Å². The molecule has 0 unspecified atom stereocenters. The van der Waals surface area contributed by atoms with Crippen LogP contribution in [0.25, 0.3) is 11.1 Å². The van der Waals surface area contributed by atoms with E-state index in [1.807, 2.05) is 31.2 Å². The Morgan fingerprint density at radius 2 is 1.73 bits per heavy atom. The van der Waals surface area contributed by atoms with Gasteiger partial charge in [-0.1, -0.05) is 30.3 Å². The maximum Gasteiger partial charge on any atom is 0.255 e. The lowest BCUT2D eigenvalue weighted by atomic mass is 10.0. The predicted octanol–water partition coefficient (Wildman–Crippen LogP) is 4.22. The molecule has 30 heavy (non-hydrogen) atoms. The molecular formula is C24H22N2O3S. The zero-order chi connectivity index (χ0) is 21.0. The Hall–Kier alpha value is -3.12. The molecule has 3 aromatic carbocycles. The van der Waals surface area contributed by atoms with E-state index >= 15 is 0 Å². The van der Waals surface area contributed by atoms with Crippen LogP contribution < -0.4 is 9.62 Å². The number of benzene rings is 3. The zero-order valence-corrected chi connectivity index (χ0v) is 17.7. The van der Waals surface area contributed by atoms with Crippen molar-refractivity contribution in [2.24, 2.45) is 0 Å². The van der Waals surface area contributed by atoms with Crippen molar-refractivity contribution in [3.8, 4) is 11.1 Å². The van der Waals surface area contributed by atoms with Crippen LogP contribution in [0.4, 0.5) is 11.4 Å². The largest absolute Gasteiger partial charge is 0.322 e. The molecule has 0 fully saturated rings. The van der Waals surface area contributed by atoms with E-state index in [4.69, 9.17) is 0 Å². The molecule has 1 aliphatic heterocycles. The van der Waals surface area contributed by atoms with Crippen molar-refractivity contribution in [2.75, 3.05) is 15.9 Å². The second-order valence-corrected chi connectivity index (χ2v) is 9.97. The van der Waals surface area contributed by atoms with Gasteiger partial charge in [0.25, 0.3) is 5.91 Å². The number of hydrogen-bond donors (Lipinski definition) is 1. The molecule has 2 aliphatic rings. The van der Waals surface area contributed by atoms with Crippen LogP contribution >= 0.6 is 0 Å². The molecule has 5 rings (SSSR count). The van der Waals surface area contributed by atoms with E-state index in [0.717, 1.165) is 23.2 Å². The minimum atomic E-state index is -3.34. The van der Waals surface area contributed by atoms with Crippen molar-refractivity contribution in [2.45, 2.75) is 25.8 Å². The SMILES string of the molecule is C[C@H]1Cc2cc(C(=O)Nc3ccc4c(c3)-c3ccccc3C4)ccc2N1S(C)(=O)=O. The van der Waals surface area contributed by atoms with E-state index in [9.17, 15) is 13.2 Å². The fourth-order valence-corrected chi connectivity index (χ4v) is 5.92. The Labute approximate surface area is 176 Å². The second-order valence-electron chi connectivity index (χ2n) is 8.12. The van der Waals surface area contributed by atoms with Gasteiger partial charge in [-0.3, -0.25) is 9.10 Å². The van der Waals surface area contributed by atoms with Crippen molar-refractivity contribution in [1.82, 2.24) is 0 Å². The van der Waals surface area contributed by atoms with Crippen LogP contribution in [0, 0.1) is 0 Å². The number of carbonyl (C=O) groups is 1. The van der Waals surface area contributed by atoms with Crippen molar-refractivity contribution < 1.29 is 13.2 Å². The summed E-state index contributed by atoms with van der Waals surface area (Å²) in [6.45, 7) is 1.88. The van der Waals surface area contributed by atoms with Gasteiger partial charge in [-0.15, -0.1) is 0 Å². The second kappa shape index (κ2) is 6.71. The summed E-state index contributed by atoms with van der Waals surface area (Å²) >= 11 is 0. The van der Waals surface area contributed by atoms with Gasteiger partial charge < -0.3 is 5.32 Å². The van der Waals surface area contributed by atoms with Crippen LogP contribution in [0.2, 0.25) is 0 Å². The summed E-state index contributed by atoms with van der Waals surface area (Å²) in [7, 11) is -3.34. The highest BCUT2D eigenvalue weighted by Gasteiger charge is 2.32. The third-order valence-electron chi connectivity index (χ3n) is 5.91. The van der Waals surface area contributed by atoms with E-state index < -0.39 is 10.0 Å². The fraction of sp³-hybridized carbons (Fsp3) is 0.208. The van der Waals surface area contributed by atoms with Crippen molar-refractivity contribution in [3.63, 3.8) is 0 Å². The molecular weight excluding hydrogens is 396 g/mol. The molecule has 152 valence electrons. The van der Waals surface area contributed by atoms with Gasteiger partial charge in [-0.2, -0.15) is 0 Å². The molecule has 1 amide bonds. The smallest absolute Gasteiger partial charge is 0.255 e. The monoisotopic (exact) mass is 418 g/mol. The lowest BCUT2D eigenvalue weighted by molar-refractivity contribution is 0.102. The van der Waals surface area contributed by atoms with Crippen molar-refractivity contribution >= 4 is 27.3 Å². The van der Waals surface area contributed by atoms with E-state index in [2.05, 4.69) is 23.5 Å². The van der Waals surface area contributed by atoms with Gasteiger partial charge in [0.05, 0.1) is 11.9 Å². The normalized spacial score (nSPS) is 16.7. The van der Waals surface area contributed by atoms with E-state index in [1.54, 1.807) is 18.2 Å². The molecule has 0 saturated carbocycles. The molecule has 0 saturated heterocycles. The van der Waals surface area contributed by atoms with Crippen LogP contribution in [0.1, 0.15) is 34.0 Å². The van der Waals surface area contributed by atoms with Gasteiger partial charge in [0.2, 0.25) is 10.0 Å². The standard InChI is InChI=1S/C24H22N2O3S/c1-15-11-19-13-18(8-10-23(19)26(15)30(2,28)29)24(27)25-20-9-7-17-12-16-5-3-4-6-21(16)22(17)14-20/h3-10,13-15H,11-12H2,1-2H3,(H,25,27)/t15-/m0/s1. The number of anilines is 2. The predicted molar refractivity (Wildman–Crippen MR) is 120 cm³/mol. The quantitative estimate of drug-likeness (QED) is 0.542. The Balaban J connectivity index is 1.41. The Kier molecular flexibility index (Phi) is 4.22. The summed E-state index contributed by atoms with van der Waals surface area (Å²) in [6, 6.07) is 19.4. The molecule has 0 aromatic heterocycles. The molecule has 1 atom stereocenters. The van der Waals surface area contributed by atoms with E-state index in [1.165, 1.54) is 27.3 Å². The minimum absolute atomic E-state index is 0.148.